The second-order valence-electron chi connectivity index (χ2n) is 5.34. The highest BCUT2D eigenvalue weighted by Gasteiger charge is 2.09. The Hall–Kier alpha value is -3.45. The van der Waals surface area contributed by atoms with Crippen LogP contribution >= 0.6 is 0 Å². The molecule has 0 aliphatic rings. The molecule has 4 rings (SSSR count). The predicted octanol–water partition coefficient (Wildman–Crippen LogP) is 3.38. The van der Waals surface area contributed by atoms with Gasteiger partial charge in [0.15, 0.2) is 11.5 Å². The number of aromatic nitrogens is 4. The van der Waals surface area contributed by atoms with Crippen molar-refractivity contribution < 1.29 is 9.84 Å². The third-order valence-electron chi connectivity index (χ3n) is 3.59. The minimum absolute atomic E-state index is 0.243. The summed E-state index contributed by atoms with van der Waals surface area (Å²) in [5, 5.41) is 20.0. The van der Waals surface area contributed by atoms with Gasteiger partial charge in [-0.05, 0) is 36.4 Å². The monoisotopic (exact) mass is 333 g/mol. The molecular formula is C18H15N5O2. The SMILES string of the molecule is OCc1nc(Nc2ccc(Oc3ccccc3)cc2)c2cn[nH]c2n1. The van der Waals surface area contributed by atoms with Crippen molar-refractivity contribution >= 4 is 22.5 Å². The molecule has 0 fully saturated rings. The Balaban J connectivity index is 1.56. The number of nitrogens with one attached hydrogen (secondary N) is 2. The van der Waals surface area contributed by atoms with E-state index in [-0.39, 0.29) is 6.61 Å². The van der Waals surface area contributed by atoms with Gasteiger partial charge in [0.2, 0.25) is 0 Å². The second kappa shape index (κ2) is 6.58. The molecular weight excluding hydrogens is 318 g/mol. The van der Waals surface area contributed by atoms with E-state index >= 15 is 0 Å². The summed E-state index contributed by atoms with van der Waals surface area (Å²) in [6, 6.07) is 17.1. The van der Waals surface area contributed by atoms with Crippen molar-refractivity contribution in [3.8, 4) is 11.5 Å². The lowest BCUT2D eigenvalue weighted by molar-refractivity contribution is 0.272. The van der Waals surface area contributed by atoms with Gasteiger partial charge in [-0.15, -0.1) is 0 Å². The maximum Gasteiger partial charge on any atom is 0.161 e. The Morgan fingerprint density at radius 3 is 2.48 bits per heavy atom. The van der Waals surface area contributed by atoms with E-state index in [4.69, 9.17) is 4.74 Å². The Bertz CT molecular complexity index is 983. The molecule has 2 aromatic heterocycles. The number of H-pyrrole nitrogens is 1. The summed E-state index contributed by atoms with van der Waals surface area (Å²) in [5.41, 5.74) is 1.41. The van der Waals surface area contributed by atoms with Gasteiger partial charge < -0.3 is 15.2 Å². The summed E-state index contributed by atoms with van der Waals surface area (Å²) in [6.45, 7) is -0.243. The van der Waals surface area contributed by atoms with Crippen LogP contribution in [0.1, 0.15) is 5.82 Å². The number of fused-ring (bicyclic) bond motifs is 1. The predicted molar refractivity (Wildman–Crippen MR) is 93.8 cm³/mol. The Labute approximate surface area is 143 Å². The summed E-state index contributed by atoms with van der Waals surface area (Å²) in [7, 11) is 0. The molecule has 7 nitrogen and oxygen atoms in total. The number of para-hydroxylation sites is 1. The standard InChI is InChI=1S/C18H15N5O2/c24-11-16-21-17(15-10-19-23-18(15)22-16)20-12-6-8-14(9-7-12)25-13-4-2-1-3-5-13/h1-10,24H,11H2,(H2,19,20,21,22,23). The van der Waals surface area contributed by atoms with Crippen LogP contribution in [0.5, 0.6) is 11.5 Å². The molecule has 0 amide bonds. The van der Waals surface area contributed by atoms with Crippen LogP contribution in [-0.2, 0) is 6.61 Å². The highest BCUT2D eigenvalue weighted by Crippen LogP contribution is 2.26. The maximum absolute atomic E-state index is 9.30. The molecule has 7 heteroatoms. The quantitative estimate of drug-likeness (QED) is 0.518. The molecule has 0 saturated carbocycles. The van der Waals surface area contributed by atoms with Crippen molar-refractivity contribution in [2.45, 2.75) is 6.61 Å². The van der Waals surface area contributed by atoms with Crippen LogP contribution in [0.4, 0.5) is 11.5 Å². The van der Waals surface area contributed by atoms with Gasteiger partial charge in [0.1, 0.15) is 23.9 Å². The lowest BCUT2D eigenvalue weighted by Crippen LogP contribution is -2.01. The normalized spacial score (nSPS) is 10.8. The Morgan fingerprint density at radius 2 is 1.72 bits per heavy atom. The van der Waals surface area contributed by atoms with E-state index in [2.05, 4.69) is 25.5 Å². The van der Waals surface area contributed by atoms with Crippen molar-refractivity contribution in [1.29, 1.82) is 0 Å². The fraction of sp³-hybridized carbons (Fsp3) is 0.0556. The molecule has 0 radical (unpaired) electrons. The summed E-state index contributed by atoms with van der Waals surface area (Å²) >= 11 is 0. The largest absolute Gasteiger partial charge is 0.457 e. The highest BCUT2D eigenvalue weighted by atomic mass is 16.5. The number of ether oxygens (including phenoxy) is 1. The number of nitrogens with zero attached hydrogens (tertiary/aromatic N) is 3. The molecule has 0 aliphatic heterocycles. The smallest absolute Gasteiger partial charge is 0.161 e. The zero-order chi connectivity index (χ0) is 17.1. The van der Waals surface area contributed by atoms with E-state index in [1.54, 1.807) is 6.20 Å². The van der Waals surface area contributed by atoms with Crippen molar-refractivity contribution in [2.75, 3.05) is 5.32 Å². The zero-order valence-electron chi connectivity index (χ0n) is 13.2. The molecule has 3 N–H and O–H groups in total. The topological polar surface area (TPSA) is 96.0 Å². The van der Waals surface area contributed by atoms with E-state index in [1.807, 2.05) is 54.6 Å². The molecule has 2 aromatic carbocycles. The van der Waals surface area contributed by atoms with Crippen molar-refractivity contribution in [3.05, 3.63) is 66.6 Å². The van der Waals surface area contributed by atoms with E-state index in [1.165, 1.54) is 0 Å². The molecule has 0 saturated heterocycles. The highest BCUT2D eigenvalue weighted by molar-refractivity contribution is 5.88. The number of aromatic amines is 1. The van der Waals surface area contributed by atoms with E-state index in [0.717, 1.165) is 22.6 Å². The van der Waals surface area contributed by atoms with Crippen molar-refractivity contribution in [1.82, 2.24) is 20.2 Å². The van der Waals surface area contributed by atoms with E-state index < -0.39 is 0 Å². The molecule has 0 spiro atoms. The number of rotatable bonds is 5. The minimum Gasteiger partial charge on any atom is -0.457 e. The van der Waals surface area contributed by atoms with Crippen LogP contribution in [0.2, 0.25) is 0 Å². The maximum atomic E-state index is 9.30. The van der Waals surface area contributed by atoms with Crippen LogP contribution < -0.4 is 10.1 Å². The molecule has 0 atom stereocenters. The summed E-state index contributed by atoms with van der Waals surface area (Å²) < 4.78 is 5.78. The first-order valence-corrected chi connectivity index (χ1v) is 7.72. The molecule has 0 bridgehead atoms. The third-order valence-corrected chi connectivity index (χ3v) is 3.59. The first-order valence-electron chi connectivity index (χ1n) is 7.72. The first-order chi connectivity index (χ1) is 12.3. The first kappa shape index (κ1) is 15.1. The van der Waals surface area contributed by atoms with Crippen molar-refractivity contribution in [2.24, 2.45) is 0 Å². The molecule has 25 heavy (non-hydrogen) atoms. The Morgan fingerprint density at radius 1 is 0.960 bits per heavy atom. The number of aliphatic hydroxyl groups is 1. The summed E-state index contributed by atoms with van der Waals surface area (Å²) in [4.78, 5) is 8.49. The van der Waals surface area contributed by atoms with Gasteiger partial charge in [0, 0.05) is 5.69 Å². The Kier molecular flexibility index (Phi) is 3.97. The average molecular weight is 333 g/mol. The van der Waals surface area contributed by atoms with Gasteiger partial charge in [-0.3, -0.25) is 5.10 Å². The van der Waals surface area contributed by atoms with Crippen LogP contribution in [0, 0.1) is 0 Å². The third kappa shape index (κ3) is 3.26. The fourth-order valence-corrected chi connectivity index (χ4v) is 2.41. The number of benzene rings is 2. The van der Waals surface area contributed by atoms with E-state index in [0.29, 0.717) is 17.3 Å². The van der Waals surface area contributed by atoms with Gasteiger partial charge in [-0.2, -0.15) is 5.10 Å². The van der Waals surface area contributed by atoms with Crippen LogP contribution in [0.15, 0.2) is 60.8 Å². The van der Waals surface area contributed by atoms with Crippen LogP contribution in [0.25, 0.3) is 11.0 Å². The molecule has 4 aromatic rings. The summed E-state index contributed by atoms with van der Waals surface area (Å²) in [5.74, 6) is 2.43. The van der Waals surface area contributed by atoms with Crippen LogP contribution in [-0.4, -0.2) is 25.3 Å². The fourth-order valence-electron chi connectivity index (χ4n) is 2.41. The second-order valence-corrected chi connectivity index (χ2v) is 5.34. The van der Waals surface area contributed by atoms with E-state index in [9.17, 15) is 5.11 Å². The lowest BCUT2D eigenvalue weighted by atomic mass is 10.3. The number of anilines is 2. The van der Waals surface area contributed by atoms with Gasteiger partial charge in [0.05, 0.1) is 11.6 Å². The van der Waals surface area contributed by atoms with Gasteiger partial charge in [0.25, 0.3) is 0 Å². The number of hydrogen-bond donors (Lipinski definition) is 3. The number of hydrogen-bond acceptors (Lipinski definition) is 6. The molecule has 124 valence electrons. The van der Waals surface area contributed by atoms with Crippen LogP contribution in [0.3, 0.4) is 0 Å². The molecule has 2 heterocycles. The number of aliphatic hydroxyl groups excluding tert-OH is 1. The lowest BCUT2D eigenvalue weighted by Gasteiger charge is -2.09. The van der Waals surface area contributed by atoms with Gasteiger partial charge >= 0.3 is 0 Å². The van der Waals surface area contributed by atoms with Gasteiger partial charge in [-0.25, -0.2) is 9.97 Å². The average Bonchev–Trinajstić information content (AvgIpc) is 3.13. The molecule has 0 unspecified atom stereocenters. The molecule has 0 aliphatic carbocycles. The summed E-state index contributed by atoms with van der Waals surface area (Å²) in [6.07, 6.45) is 1.64. The minimum atomic E-state index is -0.243. The van der Waals surface area contributed by atoms with Gasteiger partial charge in [-0.1, -0.05) is 18.2 Å². The van der Waals surface area contributed by atoms with Crippen molar-refractivity contribution in [3.63, 3.8) is 0 Å². The zero-order valence-corrected chi connectivity index (χ0v) is 13.2.